The Labute approximate surface area is 167 Å². The predicted octanol–water partition coefficient (Wildman–Crippen LogP) is 3.01. The summed E-state index contributed by atoms with van der Waals surface area (Å²) in [6.45, 7) is 3.66. The third kappa shape index (κ3) is 5.30. The highest BCUT2D eigenvalue weighted by atomic mass is 16.5. The molecule has 156 valence electrons. The average Bonchev–Trinajstić information content (AvgIpc) is 2.88. The van der Waals surface area contributed by atoms with Gasteiger partial charge in [0, 0.05) is 18.7 Å². The Morgan fingerprint density at radius 2 is 1.79 bits per heavy atom. The average molecular weight is 392 g/mol. The number of likely N-dealkylation sites (tertiary alicyclic amines) is 1. The monoisotopic (exact) mass is 392 g/mol. The standard InChI is InChI=1S/C21H32N2O5/c1-5-6-8-11-23-12-9-7-10-16(21(23)25)22-20(24)15-13-17(26-2)19(28-4)18(14-15)27-3/h13-14,16H,5-12H2,1-4H3,(H,22,24). The maximum atomic E-state index is 12.9. The van der Waals surface area contributed by atoms with E-state index in [4.69, 9.17) is 14.2 Å². The summed E-state index contributed by atoms with van der Waals surface area (Å²) in [6, 6.07) is 2.68. The molecule has 1 saturated heterocycles. The Bertz CT molecular complexity index is 652. The van der Waals surface area contributed by atoms with Crippen LogP contribution >= 0.6 is 0 Å². The van der Waals surface area contributed by atoms with Crippen LogP contribution in [0.5, 0.6) is 17.2 Å². The number of nitrogens with zero attached hydrogens (tertiary/aromatic N) is 1. The first-order chi connectivity index (χ1) is 13.5. The molecular formula is C21H32N2O5. The van der Waals surface area contributed by atoms with Crippen molar-refractivity contribution in [2.24, 2.45) is 0 Å². The first-order valence-corrected chi connectivity index (χ1v) is 9.95. The molecule has 1 aromatic rings. The lowest BCUT2D eigenvalue weighted by molar-refractivity contribution is -0.132. The van der Waals surface area contributed by atoms with Crippen molar-refractivity contribution < 1.29 is 23.8 Å². The van der Waals surface area contributed by atoms with E-state index in [1.54, 1.807) is 12.1 Å². The SMILES string of the molecule is CCCCCN1CCCCC(NC(=O)c2cc(OC)c(OC)c(OC)c2)C1=O. The summed E-state index contributed by atoms with van der Waals surface area (Å²) in [6.07, 6.45) is 5.75. The summed E-state index contributed by atoms with van der Waals surface area (Å²) in [5, 5.41) is 2.90. The number of ether oxygens (including phenoxy) is 3. The molecule has 2 rings (SSSR count). The number of rotatable bonds is 9. The number of unbranched alkanes of at least 4 members (excludes halogenated alkanes) is 2. The van der Waals surface area contributed by atoms with E-state index >= 15 is 0 Å². The van der Waals surface area contributed by atoms with Gasteiger partial charge in [0.1, 0.15) is 6.04 Å². The fourth-order valence-electron chi connectivity index (χ4n) is 3.47. The van der Waals surface area contributed by atoms with Crippen LogP contribution < -0.4 is 19.5 Å². The Balaban J connectivity index is 2.15. The van der Waals surface area contributed by atoms with Gasteiger partial charge in [0.2, 0.25) is 11.7 Å². The normalized spacial score (nSPS) is 17.1. The van der Waals surface area contributed by atoms with E-state index < -0.39 is 6.04 Å². The molecule has 1 aliphatic heterocycles. The maximum Gasteiger partial charge on any atom is 0.252 e. The van der Waals surface area contributed by atoms with Gasteiger partial charge >= 0.3 is 0 Å². The van der Waals surface area contributed by atoms with Crippen molar-refractivity contribution in [2.45, 2.75) is 51.5 Å². The van der Waals surface area contributed by atoms with Gasteiger partial charge in [-0.3, -0.25) is 9.59 Å². The summed E-state index contributed by atoms with van der Waals surface area (Å²) in [7, 11) is 4.52. The second-order valence-electron chi connectivity index (χ2n) is 6.97. The Morgan fingerprint density at radius 1 is 1.11 bits per heavy atom. The number of amides is 2. The number of carbonyl (C=O) groups is 2. The lowest BCUT2D eigenvalue weighted by Crippen LogP contribution is -2.47. The van der Waals surface area contributed by atoms with Gasteiger partial charge in [-0.05, 0) is 37.8 Å². The molecule has 1 aliphatic rings. The van der Waals surface area contributed by atoms with Crippen LogP contribution in [0.15, 0.2) is 12.1 Å². The van der Waals surface area contributed by atoms with Gasteiger partial charge in [0.25, 0.3) is 5.91 Å². The van der Waals surface area contributed by atoms with Crippen LogP contribution in [0.25, 0.3) is 0 Å². The van der Waals surface area contributed by atoms with E-state index in [0.29, 0.717) is 29.2 Å². The lowest BCUT2D eigenvalue weighted by Gasteiger charge is -2.25. The molecule has 0 aromatic heterocycles. The summed E-state index contributed by atoms with van der Waals surface area (Å²) in [5.74, 6) is 0.914. The zero-order valence-electron chi connectivity index (χ0n) is 17.4. The number of nitrogens with one attached hydrogen (secondary N) is 1. The first kappa shape index (κ1) is 21.9. The quantitative estimate of drug-likeness (QED) is 0.654. The van der Waals surface area contributed by atoms with Crippen LogP contribution in [-0.2, 0) is 4.79 Å². The van der Waals surface area contributed by atoms with E-state index in [1.165, 1.54) is 21.3 Å². The third-order valence-corrected chi connectivity index (χ3v) is 5.04. The fourth-order valence-corrected chi connectivity index (χ4v) is 3.47. The largest absolute Gasteiger partial charge is 0.493 e. The fraction of sp³-hybridized carbons (Fsp3) is 0.619. The molecule has 7 nitrogen and oxygen atoms in total. The molecule has 1 heterocycles. The van der Waals surface area contributed by atoms with Crippen LogP contribution in [0, 0.1) is 0 Å². The highest BCUT2D eigenvalue weighted by Crippen LogP contribution is 2.38. The van der Waals surface area contributed by atoms with Gasteiger partial charge < -0.3 is 24.4 Å². The van der Waals surface area contributed by atoms with E-state index in [0.717, 1.165) is 45.2 Å². The Hall–Kier alpha value is -2.44. The number of hydrogen-bond donors (Lipinski definition) is 1. The Kier molecular flexibility index (Phi) is 8.42. The summed E-state index contributed by atoms with van der Waals surface area (Å²) in [5.41, 5.74) is 0.365. The molecule has 28 heavy (non-hydrogen) atoms. The number of benzene rings is 1. The number of methoxy groups -OCH3 is 3. The van der Waals surface area contributed by atoms with Crippen LogP contribution in [0.4, 0.5) is 0 Å². The molecule has 1 unspecified atom stereocenters. The smallest absolute Gasteiger partial charge is 0.252 e. The molecule has 0 bridgehead atoms. The molecule has 7 heteroatoms. The van der Waals surface area contributed by atoms with Crippen molar-refractivity contribution in [3.63, 3.8) is 0 Å². The second-order valence-corrected chi connectivity index (χ2v) is 6.97. The minimum Gasteiger partial charge on any atom is -0.493 e. The number of hydrogen-bond acceptors (Lipinski definition) is 5. The minimum absolute atomic E-state index is 0.00870. The molecule has 1 aromatic carbocycles. The van der Waals surface area contributed by atoms with Crippen molar-refractivity contribution in [3.8, 4) is 17.2 Å². The van der Waals surface area contributed by atoms with Gasteiger partial charge in [-0.2, -0.15) is 0 Å². The summed E-state index contributed by atoms with van der Waals surface area (Å²) in [4.78, 5) is 27.6. The van der Waals surface area contributed by atoms with Gasteiger partial charge in [-0.1, -0.05) is 19.8 Å². The molecular weight excluding hydrogens is 360 g/mol. The van der Waals surface area contributed by atoms with Gasteiger partial charge in [-0.15, -0.1) is 0 Å². The molecule has 0 saturated carbocycles. The van der Waals surface area contributed by atoms with Crippen molar-refractivity contribution in [3.05, 3.63) is 17.7 Å². The molecule has 0 radical (unpaired) electrons. The maximum absolute atomic E-state index is 12.9. The molecule has 0 spiro atoms. The van der Waals surface area contributed by atoms with Crippen LogP contribution in [0.2, 0.25) is 0 Å². The van der Waals surface area contributed by atoms with Crippen molar-refractivity contribution >= 4 is 11.8 Å². The number of carbonyl (C=O) groups excluding carboxylic acids is 2. The zero-order valence-corrected chi connectivity index (χ0v) is 17.4. The summed E-state index contributed by atoms with van der Waals surface area (Å²) >= 11 is 0. The van der Waals surface area contributed by atoms with Gasteiger partial charge in [0.15, 0.2) is 11.5 Å². The zero-order chi connectivity index (χ0) is 20.5. The van der Waals surface area contributed by atoms with E-state index in [9.17, 15) is 9.59 Å². The van der Waals surface area contributed by atoms with Crippen molar-refractivity contribution in [1.29, 1.82) is 0 Å². The minimum atomic E-state index is -0.504. The summed E-state index contributed by atoms with van der Waals surface area (Å²) < 4.78 is 15.9. The second kappa shape index (κ2) is 10.8. The first-order valence-electron chi connectivity index (χ1n) is 9.95. The van der Waals surface area contributed by atoms with E-state index in [1.807, 2.05) is 4.90 Å². The Morgan fingerprint density at radius 3 is 2.36 bits per heavy atom. The lowest BCUT2D eigenvalue weighted by atomic mass is 10.1. The topological polar surface area (TPSA) is 77.1 Å². The third-order valence-electron chi connectivity index (χ3n) is 5.04. The van der Waals surface area contributed by atoms with Crippen molar-refractivity contribution in [1.82, 2.24) is 10.2 Å². The highest BCUT2D eigenvalue weighted by molar-refractivity contribution is 5.98. The molecule has 1 atom stereocenters. The molecule has 2 amide bonds. The van der Waals surface area contributed by atoms with Crippen molar-refractivity contribution in [2.75, 3.05) is 34.4 Å². The van der Waals surface area contributed by atoms with Crippen LogP contribution in [0.3, 0.4) is 0 Å². The molecule has 1 N–H and O–H groups in total. The van der Waals surface area contributed by atoms with Crippen LogP contribution in [-0.4, -0.2) is 57.2 Å². The van der Waals surface area contributed by atoms with Gasteiger partial charge in [0.05, 0.1) is 21.3 Å². The van der Waals surface area contributed by atoms with E-state index in [-0.39, 0.29) is 11.8 Å². The predicted molar refractivity (Wildman–Crippen MR) is 107 cm³/mol. The molecule has 1 fully saturated rings. The molecule has 0 aliphatic carbocycles. The van der Waals surface area contributed by atoms with E-state index in [2.05, 4.69) is 12.2 Å². The van der Waals surface area contributed by atoms with Gasteiger partial charge in [-0.25, -0.2) is 0 Å². The van der Waals surface area contributed by atoms with Crippen LogP contribution in [0.1, 0.15) is 55.8 Å². The highest BCUT2D eigenvalue weighted by Gasteiger charge is 2.28.